The second kappa shape index (κ2) is 14.9. The molecule has 0 saturated carbocycles. The summed E-state index contributed by atoms with van der Waals surface area (Å²) in [6, 6.07) is 8.23. The first-order valence-electron chi connectivity index (χ1n) is 7.65. The average molecular weight is 568 g/mol. The second-order valence-corrected chi connectivity index (χ2v) is 5.08. The van der Waals surface area contributed by atoms with Gasteiger partial charge in [-0.05, 0) is 43.9 Å². The van der Waals surface area contributed by atoms with Gasteiger partial charge in [0.05, 0.1) is 6.21 Å². The van der Waals surface area contributed by atoms with Crippen LogP contribution in [-0.4, -0.2) is 39.4 Å². The van der Waals surface area contributed by atoms with Crippen molar-refractivity contribution in [3.8, 4) is 23.0 Å². The van der Waals surface area contributed by atoms with Crippen molar-refractivity contribution in [3.63, 3.8) is 0 Å². The Hall–Kier alpha value is -3.01. The van der Waals surface area contributed by atoms with Gasteiger partial charge in [0.15, 0.2) is 0 Å². The van der Waals surface area contributed by atoms with Gasteiger partial charge >= 0.3 is 38.2 Å². The summed E-state index contributed by atoms with van der Waals surface area (Å²) >= 11 is 0. The van der Waals surface area contributed by atoms with Crippen molar-refractivity contribution >= 4 is 24.1 Å². The molecular formula is C18H17DyN2O9. The number of rotatable bonds is 3. The molecular weight excluding hydrogens is 551 g/mol. The van der Waals surface area contributed by atoms with Crippen molar-refractivity contribution < 1.29 is 83.2 Å². The van der Waals surface area contributed by atoms with E-state index in [0.29, 0.717) is 5.56 Å². The van der Waals surface area contributed by atoms with Crippen LogP contribution in [0.3, 0.4) is 0 Å². The summed E-state index contributed by atoms with van der Waals surface area (Å²) in [4.78, 5) is 29.5. The Labute approximate surface area is 201 Å². The maximum atomic E-state index is 11.7. The zero-order valence-corrected chi connectivity index (χ0v) is 17.6. The fourth-order valence-corrected chi connectivity index (χ4v) is 1.55. The Morgan fingerprint density at radius 1 is 0.933 bits per heavy atom. The van der Waals surface area contributed by atoms with E-state index in [1.54, 1.807) is 18.2 Å². The summed E-state index contributed by atoms with van der Waals surface area (Å²) in [5.74, 6) is -5.31. The van der Waals surface area contributed by atoms with Crippen molar-refractivity contribution in [1.82, 2.24) is 5.43 Å². The third kappa shape index (κ3) is 12.5. The quantitative estimate of drug-likeness (QED) is 0.242. The minimum atomic E-state index is -1.08. The van der Waals surface area contributed by atoms with Gasteiger partial charge in [-0.1, -0.05) is 12.1 Å². The molecule has 4 N–H and O–H groups in total. The summed E-state index contributed by atoms with van der Waals surface area (Å²) in [5.41, 5.74) is 2.42. The molecule has 0 bridgehead atoms. The van der Waals surface area contributed by atoms with E-state index in [0.717, 1.165) is 26.0 Å². The number of para-hydroxylation sites is 1. The number of aromatic hydroxyl groups is 3. The van der Waals surface area contributed by atoms with Gasteiger partial charge in [-0.25, -0.2) is 5.43 Å². The van der Waals surface area contributed by atoms with E-state index in [4.69, 9.17) is 19.8 Å². The van der Waals surface area contributed by atoms with Crippen molar-refractivity contribution in [1.29, 1.82) is 0 Å². The third-order valence-corrected chi connectivity index (χ3v) is 2.62. The maximum Gasteiger partial charge on any atom is 3.00 e. The average Bonchev–Trinajstić information content (AvgIpc) is 2.59. The largest absolute Gasteiger partial charge is 3.00 e. The van der Waals surface area contributed by atoms with Crippen LogP contribution >= 0.6 is 0 Å². The molecule has 2 aromatic rings. The van der Waals surface area contributed by atoms with E-state index in [-0.39, 0.29) is 49.5 Å². The van der Waals surface area contributed by atoms with Crippen molar-refractivity contribution in [3.05, 3.63) is 47.5 Å². The summed E-state index contributed by atoms with van der Waals surface area (Å²) < 4.78 is 0. The number of benzene rings is 2. The summed E-state index contributed by atoms with van der Waals surface area (Å²) in [5, 5.41) is 60.5. The van der Waals surface area contributed by atoms with Gasteiger partial charge in [-0.15, -0.1) is 0 Å². The Morgan fingerprint density at radius 2 is 1.37 bits per heavy atom. The predicted octanol–water partition coefficient (Wildman–Crippen LogP) is -1.85. The molecule has 2 rings (SSSR count). The van der Waals surface area contributed by atoms with E-state index >= 15 is 0 Å². The second-order valence-electron chi connectivity index (χ2n) is 5.08. The van der Waals surface area contributed by atoms with Gasteiger partial charge in [0, 0.05) is 23.1 Å². The van der Waals surface area contributed by atoms with E-state index in [9.17, 15) is 25.2 Å². The molecule has 0 unspecified atom stereocenters. The number of hydrogen-bond donors (Lipinski definition) is 4. The molecule has 12 heteroatoms. The van der Waals surface area contributed by atoms with E-state index in [2.05, 4.69) is 10.5 Å². The molecule has 2 aromatic carbocycles. The zero-order chi connectivity index (χ0) is 22.6. The minimum Gasteiger partial charge on any atom is -0.867 e. The van der Waals surface area contributed by atoms with Gasteiger partial charge in [0.1, 0.15) is 17.2 Å². The molecule has 0 aliphatic heterocycles. The van der Waals surface area contributed by atoms with Crippen LogP contribution in [0.25, 0.3) is 0 Å². The predicted molar refractivity (Wildman–Crippen MR) is 93.7 cm³/mol. The number of amides is 1. The first-order chi connectivity index (χ1) is 13.5. The standard InChI is InChI=1S/C14H12N2O5.2C2H4O2.Dy/c17-10-4-2-1-3-8(10)7-15-16-14(21)9-5-11(18)13(20)12(19)6-9;2*1-2(3)4;/h1-7,17-20H,(H,16,21);2*1H3,(H,3,4);/q;;;+3/p-3/b15-7+;;;. The number of aliphatic carboxylic acids is 2. The SMILES string of the molecule is CC(=O)[O-].CC(=O)[O-].O=C(N/N=C/c1ccccc1O)c1cc(O)c([O-])c(O)c1.[Dy+3]. The van der Waals surface area contributed by atoms with Crippen LogP contribution < -0.4 is 20.7 Å². The molecule has 0 spiro atoms. The van der Waals surface area contributed by atoms with Crippen LogP contribution in [0, 0.1) is 38.2 Å². The number of carboxylic acids is 2. The van der Waals surface area contributed by atoms with Crippen LogP contribution in [0.5, 0.6) is 23.0 Å². The number of hydrogen-bond acceptors (Lipinski definition) is 10. The maximum absolute atomic E-state index is 11.7. The van der Waals surface area contributed by atoms with E-state index < -0.39 is 35.1 Å². The molecule has 1 radical (unpaired) electrons. The van der Waals surface area contributed by atoms with Gasteiger partial charge in [-0.2, -0.15) is 5.10 Å². The number of carbonyl (C=O) groups is 3. The van der Waals surface area contributed by atoms with Gasteiger partial charge < -0.3 is 40.2 Å². The van der Waals surface area contributed by atoms with Crippen LogP contribution in [0.1, 0.15) is 29.8 Å². The normalized spacial score (nSPS) is 9.13. The molecule has 0 aliphatic rings. The number of nitrogens with zero attached hydrogens (tertiary/aromatic N) is 1. The van der Waals surface area contributed by atoms with E-state index in [1.807, 2.05) is 0 Å². The molecule has 0 fully saturated rings. The number of hydrazone groups is 1. The minimum absolute atomic E-state index is 0. The van der Waals surface area contributed by atoms with Crippen LogP contribution in [0.15, 0.2) is 41.5 Å². The molecule has 30 heavy (non-hydrogen) atoms. The summed E-state index contributed by atoms with van der Waals surface area (Å²) in [6.45, 7) is 1.94. The fraction of sp³-hybridized carbons (Fsp3) is 0.111. The van der Waals surface area contributed by atoms with Crippen molar-refractivity contribution in [2.75, 3.05) is 0 Å². The van der Waals surface area contributed by atoms with Crippen LogP contribution in [-0.2, 0) is 9.59 Å². The summed E-state index contributed by atoms with van der Waals surface area (Å²) in [7, 11) is 0. The molecule has 0 atom stereocenters. The first-order valence-corrected chi connectivity index (χ1v) is 7.65. The molecule has 163 valence electrons. The molecule has 0 saturated heterocycles. The molecule has 0 aliphatic carbocycles. The number of phenols is 3. The Kier molecular flexibility index (Phi) is 14.5. The van der Waals surface area contributed by atoms with Crippen molar-refractivity contribution in [2.24, 2.45) is 5.10 Å². The van der Waals surface area contributed by atoms with Gasteiger partial charge in [0.25, 0.3) is 5.91 Å². The Bertz CT molecular complexity index is 858. The number of carboxylic acid groups (broad SMARTS) is 2. The number of nitrogens with one attached hydrogen (secondary N) is 1. The van der Waals surface area contributed by atoms with Gasteiger partial charge in [0.2, 0.25) is 0 Å². The number of phenolic OH excluding ortho intramolecular Hbond substituents is 3. The first kappa shape index (κ1) is 29.2. The molecule has 11 nitrogen and oxygen atoms in total. The van der Waals surface area contributed by atoms with Crippen LogP contribution in [0.2, 0.25) is 0 Å². The van der Waals surface area contributed by atoms with Gasteiger partial charge in [-0.3, -0.25) is 4.79 Å². The monoisotopic (exact) mass is 569 g/mol. The topological polar surface area (TPSA) is 205 Å². The fourth-order valence-electron chi connectivity index (χ4n) is 1.55. The molecule has 0 heterocycles. The Morgan fingerprint density at radius 3 is 1.80 bits per heavy atom. The van der Waals surface area contributed by atoms with Crippen LogP contribution in [0.4, 0.5) is 0 Å². The zero-order valence-electron chi connectivity index (χ0n) is 15.6. The Balaban J connectivity index is 0. The number of carbonyl (C=O) groups excluding carboxylic acids is 3. The molecule has 0 aromatic heterocycles. The molecule has 1 amide bonds. The van der Waals surface area contributed by atoms with E-state index in [1.165, 1.54) is 12.3 Å². The van der Waals surface area contributed by atoms with Crippen molar-refractivity contribution in [2.45, 2.75) is 13.8 Å². The summed E-state index contributed by atoms with van der Waals surface area (Å²) in [6.07, 6.45) is 1.23. The smallest absolute Gasteiger partial charge is 0.867 e. The third-order valence-electron chi connectivity index (χ3n) is 2.62.